The number of hydrogen-bond donors (Lipinski definition) is 1. The Balaban J connectivity index is 2.90. The van der Waals surface area contributed by atoms with Crippen molar-refractivity contribution >= 4 is 17.4 Å². The maximum absolute atomic E-state index is 11.6. The van der Waals surface area contributed by atoms with Crippen molar-refractivity contribution in [3.05, 3.63) is 11.6 Å². The number of alkyl halides is 1. The predicted molar refractivity (Wildman–Crippen MR) is 52.8 cm³/mol. The largest absolute Gasteiger partial charge is 0.381 e. The van der Waals surface area contributed by atoms with Crippen LogP contribution >= 0.6 is 11.6 Å². The van der Waals surface area contributed by atoms with E-state index in [0.717, 1.165) is 5.57 Å². The van der Waals surface area contributed by atoms with Gasteiger partial charge in [0.1, 0.15) is 6.10 Å². The number of Topliss-reactive ketones (excluding diaryl/α,β-unsaturated/α-hetero) is 1. The summed E-state index contributed by atoms with van der Waals surface area (Å²) < 4.78 is 0. The zero-order chi connectivity index (χ0) is 10.2. The maximum Gasteiger partial charge on any atom is 0.170 e. The lowest BCUT2D eigenvalue weighted by Crippen LogP contribution is -2.41. The normalized spacial score (nSPS) is 30.2. The monoisotopic (exact) mass is 202 g/mol. The van der Waals surface area contributed by atoms with Gasteiger partial charge >= 0.3 is 0 Å². The molecule has 0 aromatic heterocycles. The third-order valence-corrected chi connectivity index (χ3v) is 2.81. The van der Waals surface area contributed by atoms with Crippen LogP contribution in [-0.2, 0) is 4.79 Å². The molecule has 0 bridgehead atoms. The Morgan fingerprint density at radius 1 is 1.62 bits per heavy atom. The van der Waals surface area contributed by atoms with Crippen LogP contribution in [0.3, 0.4) is 0 Å². The molecule has 74 valence electrons. The Morgan fingerprint density at radius 3 is 2.62 bits per heavy atom. The molecule has 1 N–H and O–H groups in total. The summed E-state index contributed by atoms with van der Waals surface area (Å²) in [5, 5.41) is 9.50. The fourth-order valence-corrected chi connectivity index (χ4v) is 1.76. The first-order chi connectivity index (χ1) is 5.84. The van der Waals surface area contributed by atoms with Crippen molar-refractivity contribution in [1.82, 2.24) is 0 Å². The Hall–Kier alpha value is -0.340. The molecule has 2 atom stereocenters. The summed E-state index contributed by atoms with van der Waals surface area (Å²) >= 11 is 6.06. The highest BCUT2D eigenvalue weighted by Gasteiger charge is 2.38. The number of allylic oxidation sites excluding steroid dienone is 1. The summed E-state index contributed by atoms with van der Waals surface area (Å²) in [6.07, 6.45) is 1.58. The highest BCUT2D eigenvalue weighted by Crippen LogP contribution is 2.33. The van der Waals surface area contributed by atoms with Crippen molar-refractivity contribution in [2.75, 3.05) is 0 Å². The molecule has 0 fully saturated rings. The van der Waals surface area contributed by atoms with Gasteiger partial charge in [0.15, 0.2) is 5.78 Å². The molecule has 0 aromatic rings. The standard InChI is InChI=1S/C10H15ClO2/c1-6-4-5-7(10(2,3)11)9(13)8(6)12/h4,7-8,12H,5H2,1-3H3/t7-,8-/m1/s1. The van der Waals surface area contributed by atoms with Crippen molar-refractivity contribution in [2.45, 2.75) is 38.2 Å². The lowest BCUT2D eigenvalue weighted by atomic mass is 9.79. The highest BCUT2D eigenvalue weighted by atomic mass is 35.5. The third-order valence-electron chi connectivity index (χ3n) is 2.55. The second-order valence-electron chi connectivity index (χ2n) is 4.11. The maximum atomic E-state index is 11.6. The average molecular weight is 203 g/mol. The lowest BCUT2D eigenvalue weighted by molar-refractivity contribution is -0.130. The first-order valence-corrected chi connectivity index (χ1v) is 4.79. The van der Waals surface area contributed by atoms with Crippen LogP contribution in [0.2, 0.25) is 0 Å². The first-order valence-electron chi connectivity index (χ1n) is 4.41. The van der Waals surface area contributed by atoms with E-state index in [9.17, 15) is 9.90 Å². The lowest BCUT2D eigenvalue weighted by Gasteiger charge is -2.31. The summed E-state index contributed by atoms with van der Waals surface area (Å²) in [7, 11) is 0. The summed E-state index contributed by atoms with van der Waals surface area (Å²) in [5.74, 6) is -0.423. The minimum atomic E-state index is -0.947. The number of carbonyl (C=O) groups excluding carboxylic acids is 1. The molecule has 1 aliphatic carbocycles. The van der Waals surface area contributed by atoms with E-state index < -0.39 is 11.0 Å². The molecule has 0 unspecified atom stereocenters. The van der Waals surface area contributed by atoms with Gasteiger partial charge in [0.05, 0.1) is 0 Å². The van der Waals surface area contributed by atoms with Crippen LogP contribution < -0.4 is 0 Å². The fraction of sp³-hybridized carbons (Fsp3) is 0.700. The topological polar surface area (TPSA) is 37.3 Å². The Morgan fingerprint density at radius 2 is 2.15 bits per heavy atom. The van der Waals surface area contributed by atoms with Crippen LogP contribution in [0.1, 0.15) is 27.2 Å². The SMILES string of the molecule is CC1=CC[C@@H](C(C)(C)Cl)C(=O)[C@@H]1O. The number of aliphatic hydroxyl groups is 1. The van der Waals surface area contributed by atoms with Crippen LogP contribution in [0.4, 0.5) is 0 Å². The molecular weight excluding hydrogens is 188 g/mol. The van der Waals surface area contributed by atoms with E-state index in [1.807, 2.05) is 6.08 Å². The number of ketones is 1. The number of hydrogen-bond acceptors (Lipinski definition) is 2. The first kappa shape index (κ1) is 10.7. The van der Waals surface area contributed by atoms with Crippen molar-refractivity contribution in [3.63, 3.8) is 0 Å². The van der Waals surface area contributed by atoms with Gasteiger partial charge in [-0.25, -0.2) is 0 Å². The van der Waals surface area contributed by atoms with Crippen LogP contribution in [0.5, 0.6) is 0 Å². The molecule has 0 aliphatic heterocycles. The minimum Gasteiger partial charge on any atom is -0.381 e. The van der Waals surface area contributed by atoms with Gasteiger partial charge in [-0.3, -0.25) is 4.79 Å². The quantitative estimate of drug-likeness (QED) is 0.521. The molecule has 0 saturated carbocycles. The number of aliphatic hydroxyl groups excluding tert-OH is 1. The molecule has 0 spiro atoms. The Labute approximate surface area is 83.6 Å². The zero-order valence-corrected chi connectivity index (χ0v) is 8.93. The van der Waals surface area contributed by atoms with Crippen molar-refractivity contribution in [2.24, 2.45) is 5.92 Å². The molecule has 0 aromatic carbocycles. The summed E-state index contributed by atoms with van der Waals surface area (Å²) in [6.45, 7) is 5.37. The van der Waals surface area contributed by atoms with Crippen LogP contribution in [0.15, 0.2) is 11.6 Å². The summed E-state index contributed by atoms with van der Waals surface area (Å²) in [4.78, 5) is 11.0. The van der Waals surface area contributed by atoms with Gasteiger partial charge in [-0.2, -0.15) is 0 Å². The minimum absolute atomic E-state index is 0.153. The molecule has 0 amide bonds. The van der Waals surface area contributed by atoms with Gasteiger partial charge in [-0.1, -0.05) is 6.08 Å². The molecule has 0 heterocycles. The molecule has 1 aliphatic rings. The number of halogens is 1. The second-order valence-corrected chi connectivity index (χ2v) is 5.08. The van der Waals surface area contributed by atoms with E-state index in [4.69, 9.17) is 11.6 Å². The average Bonchev–Trinajstić information content (AvgIpc) is 1.98. The van der Waals surface area contributed by atoms with Crippen molar-refractivity contribution in [1.29, 1.82) is 0 Å². The number of rotatable bonds is 1. The second kappa shape index (κ2) is 3.43. The highest BCUT2D eigenvalue weighted by molar-refractivity contribution is 6.25. The van der Waals surface area contributed by atoms with Gasteiger partial charge in [0.2, 0.25) is 0 Å². The third kappa shape index (κ3) is 2.12. The van der Waals surface area contributed by atoms with Crippen LogP contribution in [-0.4, -0.2) is 21.9 Å². The van der Waals surface area contributed by atoms with Crippen LogP contribution in [0.25, 0.3) is 0 Å². The Kier molecular flexibility index (Phi) is 2.83. The fourth-order valence-electron chi connectivity index (χ4n) is 1.57. The molecule has 3 heteroatoms. The van der Waals surface area contributed by atoms with Crippen LogP contribution in [0, 0.1) is 5.92 Å². The van der Waals surface area contributed by atoms with E-state index in [1.54, 1.807) is 20.8 Å². The summed E-state index contributed by atoms with van der Waals surface area (Å²) in [6, 6.07) is 0. The van der Waals surface area contributed by atoms with E-state index in [0.29, 0.717) is 6.42 Å². The molecule has 0 saturated heterocycles. The number of carbonyl (C=O) groups is 1. The van der Waals surface area contributed by atoms with Gasteiger partial charge in [0.25, 0.3) is 0 Å². The smallest absolute Gasteiger partial charge is 0.170 e. The van der Waals surface area contributed by atoms with E-state index >= 15 is 0 Å². The molecular formula is C10H15ClO2. The van der Waals surface area contributed by atoms with Crippen molar-refractivity contribution in [3.8, 4) is 0 Å². The van der Waals surface area contributed by atoms with Crippen molar-refractivity contribution < 1.29 is 9.90 Å². The molecule has 2 nitrogen and oxygen atoms in total. The van der Waals surface area contributed by atoms with Gasteiger partial charge in [0, 0.05) is 10.8 Å². The van der Waals surface area contributed by atoms with E-state index in [1.165, 1.54) is 0 Å². The molecule has 0 radical (unpaired) electrons. The molecule has 13 heavy (non-hydrogen) atoms. The zero-order valence-electron chi connectivity index (χ0n) is 8.17. The molecule has 1 rings (SSSR count). The van der Waals surface area contributed by atoms with E-state index in [2.05, 4.69) is 0 Å². The van der Waals surface area contributed by atoms with Gasteiger partial charge < -0.3 is 5.11 Å². The Bertz CT molecular complexity index is 250. The van der Waals surface area contributed by atoms with Gasteiger partial charge in [-0.15, -0.1) is 11.6 Å². The predicted octanol–water partition coefficient (Wildman–Crippen LogP) is 1.90. The van der Waals surface area contributed by atoms with E-state index in [-0.39, 0.29) is 11.7 Å². The van der Waals surface area contributed by atoms with Gasteiger partial charge in [-0.05, 0) is 32.8 Å². The summed E-state index contributed by atoms with van der Waals surface area (Å²) in [5.41, 5.74) is 0.738.